The number of anilines is 2. The molecule has 1 aromatic carbocycles. The van der Waals surface area contributed by atoms with E-state index in [2.05, 4.69) is 9.88 Å². The number of carbonyl (C=O) groups is 1. The van der Waals surface area contributed by atoms with Gasteiger partial charge >= 0.3 is 0 Å². The van der Waals surface area contributed by atoms with Crippen molar-refractivity contribution in [2.45, 2.75) is 12.8 Å². The molecule has 0 atom stereocenters. The minimum Gasteiger partial charge on any atom is -0.378 e. The summed E-state index contributed by atoms with van der Waals surface area (Å²) in [7, 11) is 0. The smallest absolute Gasteiger partial charge is 0.260 e. The Bertz CT molecular complexity index is 840. The minimum absolute atomic E-state index is 0.167. The van der Waals surface area contributed by atoms with Crippen LogP contribution in [-0.4, -0.2) is 48.7 Å². The molecule has 8 heteroatoms. The molecule has 4 rings (SSSR count). The lowest BCUT2D eigenvalue weighted by atomic mass is 10.1. The lowest BCUT2D eigenvalue weighted by molar-refractivity contribution is 0.0984. The van der Waals surface area contributed by atoms with Crippen molar-refractivity contribution in [3.63, 3.8) is 0 Å². The molecule has 0 saturated carbocycles. The number of halogens is 2. The molecule has 1 fully saturated rings. The first-order valence-electron chi connectivity index (χ1n) is 8.59. The Kier molecular flexibility index (Phi) is 4.98. The SMILES string of the molecule is O=C(c1ccc(Cl)cc1Cl)N1CCCc2cnc(N3CCOCC3)nc21. The van der Waals surface area contributed by atoms with E-state index in [9.17, 15) is 4.79 Å². The molecule has 6 nitrogen and oxygen atoms in total. The van der Waals surface area contributed by atoms with E-state index >= 15 is 0 Å². The summed E-state index contributed by atoms with van der Waals surface area (Å²) in [6.45, 7) is 3.41. The molecule has 26 heavy (non-hydrogen) atoms. The number of morpholine rings is 1. The summed E-state index contributed by atoms with van der Waals surface area (Å²) in [6, 6.07) is 4.91. The molecule has 0 N–H and O–H groups in total. The second-order valence-electron chi connectivity index (χ2n) is 6.30. The van der Waals surface area contributed by atoms with Crippen LogP contribution < -0.4 is 9.80 Å². The van der Waals surface area contributed by atoms with Gasteiger partial charge in [-0.2, -0.15) is 4.98 Å². The molecule has 1 aromatic heterocycles. The fourth-order valence-electron chi connectivity index (χ4n) is 3.25. The van der Waals surface area contributed by atoms with Crippen molar-refractivity contribution in [3.05, 3.63) is 45.6 Å². The number of aromatic nitrogens is 2. The third-order valence-corrected chi connectivity index (χ3v) is 5.16. The molecule has 0 bridgehead atoms. The molecule has 0 unspecified atom stereocenters. The number of hydrogen-bond donors (Lipinski definition) is 0. The molecule has 0 radical (unpaired) electrons. The van der Waals surface area contributed by atoms with Gasteiger partial charge < -0.3 is 9.64 Å². The van der Waals surface area contributed by atoms with Crippen LogP contribution in [0, 0.1) is 0 Å². The first-order valence-corrected chi connectivity index (χ1v) is 9.34. The zero-order valence-corrected chi connectivity index (χ0v) is 15.6. The molecule has 2 aliphatic heterocycles. The summed E-state index contributed by atoms with van der Waals surface area (Å²) in [4.78, 5) is 26.1. The molecule has 2 aliphatic rings. The highest BCUT2D eigenvalue weighted by atomic mass is 35.5. The molecule has 1 saturated heterocycles. The molecular weight excluding hydrogens is 375 g/mol. The van der Waals surface area contributed by atoms with E-state index in [-0.39, 0.29) is 5.91 Å². The van der Waals surface area contributed by atoms with Gasteiger partial charge in [-0.1, -0.05) is 23.2 Å². The lowest BCUT2D eigenvalue weighted by Gasteiger charge is -2.31. The maximum absolute atomic E-state index is 13.1. The van der Waals surface area contributed by atoms with Gasteiger partial charge in [0, 0.05) is 36.4 Å². The molecule has 0 spiro atoms. The number of nitrogens with zero attached hydrogens (tertiary/aromatic N) is 4. The highest BCUT2D eigenvalue weighted by Crippen LogP contribution is 2.30. The van der Waals surface area contributed by atoms with Crippen LogP contribution in [0.15, 0.2) is 24.4 Å². The van der Waals surface area contributed by atoms with Gasteiger partial charge in [0.15, 0.2) is 0 Å². The number of carbonyl (C=O) groups excluding carboxylic acids is 1. The van der Waals surface area contributed by atoms with Gasteiger partial charge in [0.25, 0.3) is 5.91 Å². The van der Waals surface area contributed by atoms with E-state index in [0.29, 0.717) is 47.1 Å². The Morgan fingerprint density at radius 2 is 1.96 bits per heavy atom. The van der Waals surface area contributed by atoms with Crippen LogP contribution in [0.3, 0.4) is 0 Å². The first kappa shape index (κ1) is 17.5. The van der Waals surface area contributed by atoms with E-state index < -0.39 is 0 Å². The largest absolute Gasteiger partial charge is 0.378 e. The van der Waals surface area contributed by atoms with Gasteiger partial charge in [0.2, 0.25) is 5.95 Å². The summed E-state index contributed by atoms with van der Waals surface area (Å²) in [5.74, 6) is 1.14. The molecule has 1 amide bonds. The van der Waals surface area contributed by atoms with Crippen LogP contribution >= 0.6 is 23.2 Å². The second-order valence-corrected chi connectivity index (χ2v) is 7.15. The summed E-state index contributed by atoms with van der Waals surface area (Å²) in [5, 5.41) is 0.847. The Hall–Kier alpha value is -1.89. The average Bonchev–Trinajstić information content (AvgIpc) is 2.67. The van der Waals surface area contributed by atoms with Crippen LogP contribution in [0.5, 0.6) is 0 Å². The van der Waals surface area contributed by atoms with Crippen molar-refractivity contribution < 1.29 is 9.53 Å². The third kappa shape index (κ3) is 3.37. The van der Waals surface area contributed by atoms with Crippen molar-refractivity contribution in [2.75, 3.05) is 42.6 Å². The van der Waals surface area contributed by atoms with Crippen LogP contribution in [0.4, 0.5) is 11.8 Å². The highest BCUT2D eigenvalue weighted by Gasteiger charge is 2.28. The van der Waals surface area contributed by atoms with Crippen LogP contribution in [0.1, 0.15) is 22.3 Å². The standard InChI is InChI=1S/C18H18Cl2N4O2/c19-13-3-4-14(15(20)10-13)17(25)24-5-1-2-12-11-21-18(22-16(12)24)23-6-8-26-9-7-23/h3-4,10-11H,1-2,5-9H2. The molecule has 136 valence electrons. The summed E-state index contributed by atoms with van der Waals surface area (Å²) < 4.78 is 5.39. The van der Waals surface area contributed by atoms with Gasteiger partial charge in [0.1, 0.15) is 5.82 Å². The number of benzene rings is 1. The maximum atomic E-state index is 13.1. The Labute approximate surface area is 161 Å². The zero-order valence-electron chi connectivity index (χ0n) is 14.1. The number of aryl methyl sites for hydroxylation is 1. The van der Waals surface area contributed by atoms with Gasteiger partial charge in [-0.15, -0.1) is 0 Å². The number of fused-ring (bicyclic) bond motifs is 1. The zero-order chi connectivity index (χ0) is 18.1. The Balaban J connectivity index is 1.68. The normalized spacial score (nSPS) is 17.2. The van der Waals surface area contributed by atoms with E-state index in [0.717, 1.165) is 31.5 Å². The minimum atomic E-state index is -0.167. The van der Waals surface area contributed by atoms with Crippen molar-refractivity contribution in [2.24, 2.45) is 0 Å². The van der Waals surface area contributed by atoms with Crippen molar-refractivity contribution in [3.8, 4) is 0 Å². The van der Waals surface area contributed by atoms with E-state index in [1.165, 1.54) is 0 Å². The van der Waals surface area contributed by atoms with Gasteiger partial charge in [-0.3, -0.25) is 9.69 Å². The fraction of sp³-hybridized carbons (Fsp3) is 0.389. The van der Waals surface area contributed by atoms with Crippen molar-refractivity contribution in [1.82, 2.24) is 9.97 Å². The van der Waals surface area contributed by atoms with E-state index in [4.69, 9.17) is 32.9 Å². The number of rotatable bonds is 2. The van der Waals surface area contributed by atoms with Gasteiger partial charge in [0.05, 0.1) is 23.8 Å². The highest BCUT2D eigenvalue weighted by molar-refractivity contribution is 6.37. The predicted molar refractivity (Wildman–Crippen MR) is 102 cm³/mol. The Morgan fingerprint density at radius 3 is 2.73 bits per heavy atom. The van der Waals surface area contributed by atoms with Crippen molar-refractivity contribution >= 4 is 40.9 Å². The van der Waals surface area contributed by atoms with Crippen LogP contribution in [0.2, 0.25) is 10.0 Å². The topological polar surface area (TPSA) is 58.6 Å². The number of amides is 1. The predicted octanol–water partition coefficient (Wildman–Crippen LogP) is 3.21. The van der Waals surface area contributed by atoms with E-state index in [1.807, 2.05) is 6.20 Å². The van der Waals surface area contributed by atoms with Crippen molar-refractivity contribution in [1.29, 1.82) is 0 Å². The third-order valence-electron chi connectivity index (χ3n) is 4.61. The molecule has 0 aliphatic carbocycles. The average molecular weight is 393 g/mol. The van der Waals surface area contributed by atoms with Gasteiger partial charge in [-0.25, -0.2) is 4.98 Å². The first-order chi connectivity index (χ1) is 12.6. The van der Waals surface area contributed by atoms with Crippen LogP contribution in [-0.2, 0) is 11.2 Å². The van der Waals surface area contributed by atoms with E-state index in [1.54, 1.807) is 23.1 Å². The number of hydrogen-bond acceptors (Lipinski definition) is 5. The monoisotopic (exact) mass is 392 g/mol. The summed E-state index contributed by atoms with van der Waals surface area (Å²) in [5.41, 5.74) is 1.40. The molecule has 2 aromatic rings. The summed E-state index contributed by atoms with van der Waals surface area (Å²) >= 11 is 12.2. The second kappa shape index (κ2) is 7.39. The molecular formula is C18H18Cl2N4O2. The summed E-state index contributed by atoms with van der Waals surface area (Å²) in [6.07, 6.45) is 3.55. The molecule has 3 heterocycles. The number of ether oxygens (including phenoxy) is 1. The quantitative estimate of drug-likeness (QED) is 0.784. The maximum Gasteiger partial charge on any atom is 0.260 e. The van der Waals surface area contributed by atoms with Crippen LogP contribution in [0.25, 0.3) is 0 Å². The lowest BCUT2D eigenvalue weighted by Crippen LogP contribution is -2.39. The fourth-order valence-corrected chi connectivity index (χ4v) is 3.74. The Morgan fingerprint density at radius 1 is 1.15 bits per heavy atom. The van der Waals surface area contributed by atoms with Gasteiger partial charge in [-0.05, 0) is 31.0 Å².